The largest absolute Gasteiger partial charge is 0.496 e. The minimum absolute atomic E-state index is 0.0303. The Bertz CT molecular complexity index is 1370. The number of allylic oxidation sites excluding steroid dienone is 2. The van der Waals surface area contributed by atoms with Gasteiger partial charge < -0.3 is 14.8 Å². The van der Waals surface area contributed by atoms with E-state index in [-0.39, 0.29) is 17.7 Å². The van der Waals surface area contributed by atoms with Crippen LogP contribution in [-0.2, 0) is 0 Å². The maximum absolute atomic E-state index is 14.9. The van der Waals surface area contributed by atoms with Gasteiger partial charge in [0.15, 0.2) is 5.78 Å². The summed E-state index contributed by atoms with van der Waals surface area (Å²) in [5.41, 5.74) is 1.61. The lowest BCUT2D eigenvalue weighted by Crippen LogP contribution is -2.05. The van der Waals surface area contributed by atoms with E-state index in [9.17, 15) is 14.0 Å². The molecule has 31 heavy (non-hydrogen) atoms. The number of benzene rings is 2. The molecule has 0 spiro atoms. The molecule has 2 aromatic carbocycles. The molecule has 5 nitrogen and oxygen atoms in total. The highest BCUT2D eigenvalue weighted by Gasteiger charge is 2.18. The second-order valence-electron chi connectivity index (χ2n) is 7.01. The molecule has 0 aliphatic rings. The summed E-state index contributed by atoms with van der Waals surface area (Å²) in [5, 5.41) is 12.2. The van der Waals surface area contributed by atoms with E-state index in [0.29, 0.717) is 39.9 Å². The van der Waals surface area contributed by atoms with Gasteiger partial charge in [0.05, 0.1) is 12.7 Å². The van der Waals surface area contributed by atoms with Crippen molar-refractivity contribution in [2.45, 2.75) is 12.8 Å². The Labute approximate surface area is 181 Å². The van der Waals surface area contributed by atoms with Gasteiger partial charge in [0.2, 0.25) is 0 Å². The quantitative estimate of drug-likeness (QED) is 0.240. The lowest BCUT2D eigenvalue weighted by molar-refractivity contribution is 0.104. The number of aromatic amines is 1. The summed E-state index contributed by atoms with van der Waals surface area (Å²) in [6, 6.07) is 9.81. The third-order valence-corrected chi connectivity index (χ3v) is 6.01. The molecule has 0 atom stereocenters. The predicted molar refractivity (Wildman–Crippen MR) is 122 cm³/mol. The molecule has 0 fully saturated rings. The molecular formula is C24H20FNO4S. The van der Waals surface area contributed by atoms with E-state index in [4.69, 9.17) is 9.84 Å². The van der Waals surface area contributed by atoms with Crippen molar-refractivity contribution < 1.29 is 19.0 Å². The normalized spacial score (nSPS) is 11.6. The number of aromatic nitrogens is 1. The number of ether oxygens (including phenoxy) is 1. The molecule has 0 radical (unpaired) electrons. The lowest BCUT2D eigenvalue weighted by Gasteiger charge is -2.14. The van der Waals surface area contributed by atoms with Crippen LogP contribution in [0.3, 0.4) is 0 Å². The van der Waals surface area contributed by atoms with Crippen LogP contribution in [0.2, 0.25) is 0 Å². The first-order valence-corrected chi connectivity index (χ1v) is 10.6. The van der Waals surface area contributed by atoms with Crippen molar-refractivity contribution in [1.29, 1.82) is 0 Å². The molecule has 0 bridgehead atoms. The van der Waals surface area contributed by atoms with Crippen LogP contribution >= 0.6 is 11.3 Å². The highest BCUT2D eigenvalue weighted by Crippen LogP contribution is 2.40. The molecule has 0 aliphatic heterocycles. The summed E-state index contributed by atoms with van der Waals surface area (Å²) < 4.78 is 21.1. The number of halogens is 1. The van der Waals surface area contributed by atoms with Gasteiger partial charge in [-0.05, 0) is 60.2 Å². The summed E-state index contributed by atoms with van der Waals surface area (Å²) in [5.74, 6) is -0.537. The molecule has 158 valence electrons. The van der Waals surface area contributed by atoms with E-state index in [2.05, 4.69) is 4.98 Å². The first-order valence-electron chi connectivity index (χ1n) is 9.77. The number of unbranched alkanes of at least 4 members (excludes halogenated alkanes) is 1. The molecule has 0 aliphatic carbocycles. The van der Waals surface area contributed by atoms with Gasteiger partial charge in [-0.15, -0.1) is 11.3 Å². The number of carbonyl (C=O) groups is 1. The molecule has 2 N–H and O–H groups in total. The van der Waals surface area contributed by atoms with E-state index in [1.807, 2.05) is 11.4 Å². The maximum atomic E-state index is 14.9. The fourth-order valence-corrected chi connectivity index (χ4v) is 4.44. The van der Waals surface area contributed by atoms with E-state index < -0.39 is 11.6 Å². The molecule has 2 aromatic heterocycles. The van der Waals surface area contributed by atoms with Crippen LogP contribution in [0.25, 0.3) is 32.1 Å². The number of carbonyl (C=O) groups excluding carboxylic acids is 1. The van der Waals surface area contributed by atoms with Gasteiger partial charge in [-0.2, -0.15) is 0 Å². The minimum atomic E-state index is -0.639. The van der Waals surface area contributed by atoms with Crippen molar-refractivity contribution >= 4 is 38.1 Å². The molecule has 7 heteroatoms. The number of H-pyrrole nitrogens is 1. The summed E-state index contributed by atoms with van der Waals surface area (Å²) in [7, 11) is 1.53. The zero-order valence-corrected chi connectivity index (χ0v) is 17.6. The average molecular weight is 437 g/mol. The first kappa shape index (κ1) is 21.0. The number of thiophene rings is 1. The van der Waals surface area contributed by atoms with E-state index in [1.165, 1.54) is 36.7 Å². The van der Waals surface area contributed by atoms with Crippen LogP contribution < -0.4 is 10.3 Å². The highest BCUT2D eigenvalue weighted by atomic mass is 32.1. The Balaban J connectivity index is 1.86. The van der Waals surface area contributed by atoms with Crippen molar-refractivity contribution in [2.24, 2.45) is 0 Å². The van der Waals surface area contributed by atoms with Crippen molar-refractivity contribution in [3.63, 3.8) is 0 Å². The van der Waals surface area contributed by atoms with Gasteiger partial charge in [-0.1, -0.05) is 12.1 Å². The van der Waals surface area contributed by atoms with Gasteiger partial charge >= 0.3 is 0 Å². The summed E-state index contributed by atoms with van der Waals surface area (Å²) in [6.45, 7) is 0.0388. The number of aliphatic hydroxyl groups excluding tert-OH is 1. The molecule has 2 heterocycles. The van der Waals surface area contributed by atoms with Gasteiger partial charge in [0.1, 0.15) is 16.3 Å². The van der Waals surface area contributed by atoms with Crippen molar-refractivity contribution in [1.82, 2.24) is 4.98 Å². The zero-order chi connectivity index (χ0) is 22.0. The van der Waals surface area contributed by atoms with Crippen LogP contribution in [0.5, 0.6) is 5.75 Å². The highest BCUT2D eigenvalue weighted by molar-refractivity contribution is 7.17. The average Bonchev–Trinajstić information content (AvgIpc) is 3.26. The predicted octanol–water partition coefficient (Wildman–Crippen LogP) is 5.07. The molecular weight excluding hydrogens is 417 g/mol. The smallest absolute Gasteiger partial charge is 0.266 e. The number of rotatable bonds is 7. The van der Waals surface area contributed by atoms with Crippen LogP contribution in [-0.4, -0.2) is 29.6 Å². The zero-order valence-electron chi connectivity index (χ0n) is 16.8. The SMILES string of the molecule is COc1ccc2[nH]c(=O)c3sccc3c2c1-c1ccc(C(=O)/C=C/CCCO)c(F)c1. The molecule has 0 unspecified atom stereocenters. The van der Waals surface area contributed by atoms with E-state index in [0.717, 1.165) is 10.8 Å². The number of ketones is 1. The van der Waals surface area contributed by atoms with Crippen molar-refractivity contribution in [3.8, 4) is 16.9 Å². The Morgan fingerprint density at radius 1 is 1.26 bits per heavy atom. The molecule has 0 saturated heterocycles. The summed E-state index contributed by atoms with van der Waals surface area (Å²) >= 11 is 1.34. The van der Waals surface area contributed by atoms with Crippen LogP contribution in [0.1, 0.15) is 23.2 Å². The van der Waals surface area contributed by atoms with Gasteiger partial charge in [-0.3, -0.25) is 9.59 Å². The fraction of sp³-hybridized carbons (Fsp3) is 0.167. The number of methoxy groups -OCH3 is 1. The number of hydrogen-bond acceptors (Lipinski definition) is 5. The topological polar surface area (TPSA) is 79.4 Å². The number of hydrogen-bond donors (Lipinski definition) is 2. The number of aliphatic hydroxyl groups is 1. The Hall–Kier alpha value is -3.29. The van der Waals surface area contributed by atoms with Crippen LogP contribution in [0.4, 0.5) is 4.39 Å². The summed E-state index contributed by atoms with van der Waals surface area (Å²) in [4.78, 5) is 27.6. The van der Waals surface area contributed by atoms with E-state index in [1.54, 1.807) is 24.3 Å². The standard InChI is InChI=1S/C24H20FNO4S/c1-30-20-9-8-18-22(16-10-12-31-23(16)24(29)26-18)21(20)14-6-7-15(17(25)13-14)19(28)5-3-2-4-11-27/h3,5-10,12-13,27H,2,4,11H2,1H3,(H,26,29)/b5-3+. The Morgan fingerprint density at radius 2 is 2.10 bits per heavy atom. The molecule has 0 amide bonds. The van der Waals surface area contributed by atoms with Gasteiger partial charge in [-0.25, -0.2) is 4.39 Å². The molecule has 4 aromatic rings. The maximum Gasteiger partial charge on any atom is 0.266 e. The number of fused-ring (bicyclic) bond motifs is 3. The third kappa shape index (κ3) is 3.89. The van der Waals surface area contributed by atoms with E-state index >= 15 is 0 Å². The minimum Gasteiger partial charge on any atom is -0.496 e. The Kier molecular flexibility index (Phi) is 5.97. The van der Waals surface area contributed by atoms with Gasteiger partial charge in [0, 0.05) is 28.5 Å². The van der Waals surface area contributed by atoms with Crippen molar-refractivity contribution in [2.75, 3.05) is 13.7 Å². The number of pyridine rings is 1. The second kappa shape index (κ2) is 8.83. The monoisotopic (exact) mass is 437 g/mol. The van der Waals surface area contributed by atoms with Crippen molar-refractivity contribution in [3.05, 3.63) is 75.7 Å². The van der Waals surface area contributed by atoms with Crippen LogP contribution in [0.15, 0.2) is 58.7 Å². The van der Waals surface area contributed by atoms with Gasteiger partial charge in [0.25, 0.3) is 5.56 Å². The first-order chi connectivity index (χ1) is 15.0. The Morgan fingerprint density at radius 3 is 2.84 bits per heavy atom. The fourth-order valence-electron chi connectivity index (χ4n) is 3.64. The molecule has 4 rings (SSSR count). The third-order valence-electron chi connectivity index (χ3n) is 5.10. The van der Waals surface area contributed by atoms with Crippen LogP contribution in [0, 0.1) is 5.82 Å². The molecule has 0 saturated carbocycles. The summed E-state index contributed by atoms with van der Waals surface area (Å²) in [6.07, 6.45) is 4.05. The lowest BCUT2D eigenvalue weighted by atomic mass is 9.95. The number of nitrogens with one attached hydrogen (secondary N) is 1. The second-order valence-corrected chi connectivity index (χ2v) is 7.93.